The zero-order valence-corrected chi connectivity index (χ0v) is 12.8. The minimum absolute atomic E-state index is 0.242. The quantitative estimate of drug-likeness (QED) is 0.774. The lowest BCUT2D eigenvalue weighted by molar-refractivity contribution is 0.390. The van der Waals surface area contributed by atoms with Crippen LogP contribution in [0.5, 0.6) is 0 Å². The van der Waals surface area contributed by atoms with Gasteiger partial charge in [0, 0.05) is 27.7 Å². The fourth-order valence-electron chi connectivity index (χ4n) is 2.59. The third-order valence-electron chi connectivity index (χ3n) is 3.58. The van der Waals surface area contributed by atoms with Crippen molar-refractivity contribution in [2.45, 2.75) is 33.4 Å². The van der Waals surface area contributed by atoms with E-state index < -0.39 is 0 Å². The number of thiophene rings is 1. The molecule has 0 fully saturated rings. The summed E-state index contributed by atoms with van der Waals surface area (Å²) in [4.78, 5) is 1.35. The van der Waals surface area contributed by atoms with E-state index in [1.807, 2.05) is 25.2 Å². The third kappa shape index (κ3) is 2.49. The highest BCUT2D eigenvalue weighted by molar-refractivity contribution is 7.19. The summed E-state index contributed by atoms with van der Waals surface area (Å²) < 4.78 is 6.57. The van der Waals surface area contributed by atoms with Gasteiger partial charge in [-0.05, 0) is 38.3 Å². The van der Waals surface area contributed by atoms with E-state index in [2.05, 4.69) is 47.7 Å². The molecule has 0 radical (unpaired) electrons. The Morgan fingerprint density at radius 1 is 1.30 bits per heavy atom. The van der Waals surface area contributed by atoms with Crippen molar-refractivity contribution in [3.63, 3.8) is 0 Å². The van der Waals surface area contributed by atoms with Crippen LogP contribution in [0.2, 0.25) is 0 Å². The van der Waals surface area contributed by atoms with Gasteiger partial charge in [-0.3, -0.25) is 0 Å². The Bertz CT molecular complexity index is 676. The third-order valence-corrected chi connectivity index (χ3v) is 4.70. The SMILES string of the molecule is Cc1noc(C)c1[C@H](C)NCc1cc2ccccc2s1. The molecule has 3 rings (SSSR count). The highest BCUT2D eigenvalue weighted by atomic mass is 32.1. The fraction of sp³-hybridized carbons (Fsp3) is 0.312. The van der Waals surface area contributed by atoms with E-state index in [-0.39, 0.29) is 6.04 Å². The van der Waals surface area contributed by atoms with Gasteiger partial charge in [0.05, 0.1) is 5.69 Å². The minimum Gasteiger partial charge on any atom is -0.361 e. The lowest BCUT2D eigenvalue weighted by Crippen LogP contribution is -2.18. The molecule has 0 amide bonds. The number of aromatic nitrogens is 1. The summed E-state index contributed by atoms with van der Waals surface area (Å²) in [5.41, 5.74) is 2.14. The molecule has 2 aromatic heterocycles. The molecule has 1 atom stereocenters. The van der Waals surface area contributed by atoms with Crippen LogP contribution >= 0.6 is 11.3 Å². The second-order valence-electron chi connectivity index (χ2n) is 5.09. The molecule has 2 heterocycles. The van der Waals surface area contributed by atoms with Gasteiger partial charge in [0.1, 0.15) is 5.76 Å². The molecule has 20 heavy (non-hydrogen) atoms. The van der Waals surface area contributed by atoms with Crippen LogP contribution in [0.1, 0.15) is 34.9 Å². The molecule has 3 nitrogen and oxygen atoms in total. The lowest BCUT2D eigenvalue weighted by atomic mass is 10.1. The van der Waals surface area contributed by atoms with Gasteiger partial charge in [0.2, 0.25) is 0 Å². The van der Waals surface area contributed by atoms with Crippen LogP contribution in [0.3, 0.4) is 0 Å². The molecular formula is C16H18N2OS. The van der Waals surface area contributed by atoms with Crippen LogP contribution in [0.4, 0.5) is 0 Å². The molecule has 0 spiro atoms. The largest absolute Gasteiger partial charge is 0.361 e. The van der Waals surface area contributed by atoms with Crippen LogP contribution < -0.4 is 5.32 Å². The molecule has 1 aromatic carbocycles. The molecule has 3 aromatic rings. The van der Waals surface area contributed by atoms with Crippen molar-refractivity contribution in [2.75, 3.05) is 0 Å². The molecular weight excluding hydrogens is 268 g/mol. The summed E-state index contributed by atoms with van der Waals surface area (Å²) in [5.74, 6) is 0.902. The van der Waals surface area contributed by atoms with E-state index in [1.165, 1.54) is 20.5 Å². The monoisotopic (exact) mass is 286 g/mol. The summed E-state index contributed by atoms with van der Waals surface area (Å²) in [6, 6.07) is 11.0. The van der Waals surface area contributed by atoms with Crippen LogP contribution in [0.15, 0.2) is 34.9 Å². The number of rotatable bonds is 4. The second kappa shape index (κ2) is 5.38. The molecule has 0 saturated carbocycles. The highest BCUT2D eigenvalue weighted by Crippen LogP contribution is 2.26. The van der Waals surface area contributed by atoms with Gasteiger partial charge in [-0.25, -0.2) is 0 Å². The number of nitrogens with zero attached hydrogens (tertiary/aromatic N) is 1. The maximum Gasteiger partial charge on any atom is 0.138 e. The molecule has 0 saturated heterocycles. The van der Waals surface area contributed by atoms with Crippen molar-refractivity contribution in [1.29, 1.82) is 0 Å². The zero-order valence-electron chi connectivity index (χ0n) is 11.9. The van der Waals surface area contributed by atoms with Crippen LogP contribution in [-0.2, 0) is 6.54 Å². The Labute approximate surface area is 122 Å². The van der Waals surface area contributed by atoms with E-state index in [9.17, 15) is 0 Å². The topological polar surface area (TPSA) is 38.1 Å². The standard InChI is InChI=1S/C16H18N2OS/c1-10(16-11(2)18-19-12(16)3)17-9-14-8-13-6-4-5-7-15(13)20-14/h4-8,10,17H,9H2,1-3H3/t10-/m0/s1. The summed E-state index contributed by atoms with van der Waals surface area (Å²) in [6.07, 6.45) is 0. The first-order valence-electron chi connectivity index (χ1n) is 6.79. The first-order valence-corrected chi connectivity index (χ1v) is 7.60. The van der Waals surface area contributed by atoms with Crippen LogP contribution in [-0.4, -0.2) is 5.16 Å². The maximum atomic E-state index is 5.23. The normalized spacial score (nSPS) is 12.9. The Kier molecular flexibility index (Phi) is 3.59. The highest BCUT2D eigenvalue weighted by Gasteiger charge is 2.16. The van der Waals surface area contributed by atoms with Gasteiger partial charge in [-0.15, -0.1) is 11.3 Å². The van der Waals surface area contributed by atoms with E-state index in [0.717, 1.165) is 18.0 Å². The van der Waals surface area contributed by atoms with Gasteiger partial charge < -0.3 is 9.84 Å². The first kappa shape index (κ1) is 13.3. The molecule has 0 bridgehead atoms. The van der Waals surface area contributed by atoms with E-state index in [1.54, 1.807) is 0 Å². The molecule has 1 N–H and O–H groups in total. The number of fused-ring (bicyclic) bond motifs is 1. The van der Waals surface area contributed by atoms with Gasteiger partial charge in [0.15, 0.2) is 0 Å². The number of nitrogens with one attached hydrogen (secondary N) is 1. The van der Waals surface area contributed by atoms with Gasteiger partial charge in [-0.2, -0.15) is 0 Å². The molecule has 104 valence electrons. The average molecular weight is 286 g/mol. The summed E-state index contributed by atoms with van der Waals surface area (Å²) in [7, 11) is 0. The predicted octanol–water partition coefficient (Wildman–Crippen LogP) is 4.36. The van der Waals surface area contributed by atoms with Crippen molar-refractivity contribution in [2.24, 2.45) is 0 Å². The van der Waals surface area contributed by atoms with Crippen LogP contribution in [0.25, 0.3) is 10.1 Å². The van der Waals surface area contributed by atoms with Crippen molar-refractivity contribution in [1.82, 2.24) is 10.5 Å². The summed E-state index contributed by atoms with van der Waals surface area (Å²) in [5, 5.41) is 8.89. The lowest BCUT2D eigenvalue weighted by Gasteiger charge is -2.12. The summed E-state index contributed by atoms with van der Waals surface area (Å²) in [6.45, 7) is 6.97. The maximum absolute atomic E-state index is 5.23. The number of benzene rings is 1. The van der Waals surface area contributed by atoms with Crippen molar-refractivity contribution in [3.05, 3.63) is 52.2 Å². The number of aryl methyl sites for hydroxylation is 2. The first-order chi connectivity index (χ1) is 9.65. The smallest absolute Gasteiger partial charge is 0.138 e. The van der Waals surface area contributed by atoms with Gasteiger partial charge in [0.25, 0.3) is 0 Å². The van der Waals surface area contributed by atoms with Gasteiger partial charge >= 0.3 is 0 Å². The average Bonchev–Trinajstić information content (AvgIpc) is 2.99. The zero-order chi connectivity index (χ0) is 14.1. The van der Waals surface area contributed by atoms with Crippen LogP contribution in [0, 0.1) is 13.8 Å². The summed E-state index contributed by atoms with van der Waals surface area (Å²) >= 11 is 1.84. The minimum atomic E-state index is 0.242. The fourth-order valence-corrected chi connectivity index (χ4v) is 3.60. The molecule has 0 aliphatic rings. The van der Waals surface area contributed by atoms with E-state index in [4.69, 9.17) is 4.52 Å². The van der Waals surface area contributed by atoms with Crippen molar-refractivity contribution >= 4 is 21.4 Å². The number of hydrogen-bond donors (Lipinski definition) is 1. The molecule has 0 aliphatic carbocycles. The van der Waals surface area contributed by atoms with E-state index in [0.29, 0.717) is 0 Å². The molecule has 0 unspecified atom stereocenters. The number of hydrogen-bond acceptors (Lipinski definition) is 4. The van der Waals surface area contributed by atoms with Crippen molar-refractivity contribution in [3.8, 4) is 0 Å². The predicted molar refractivity (Wildman–Crippen MR) is 83.1 cm³/mol. The Balaban J connectivity index is 1.73. The second-order valence-corrected chi connectivity index (χ2v) is 6.26. The van der Waals surface area contributed by atoms with E-state index >= 15 is 0 Å². The molecule has 4 heteroatoms. The van der Waals surface area contributed by atoms with Crippen molar-refractivity contribution < 1.29 is 4.52 Å². The Morgan fingerprint density at radius 3 is 2.80 bits per heavy atom. The van der Waals surface area contributed by atoms with Gasteiger partial charge in [-0.1, -0.05) is 23.4 Å². The molecule has 0 aliphatic heterocycles. The Morgan fingerprint density at radius 2 is 2.10 bits per heavy atom. The Hall–Kier alpha value is -1.65.